The van der Waals surface area contributed by atoms with E-state index in [2.05, 4.69) is 16.0 Å². The predicted molar refractivity (Wildman–Crippen MR) is 95.1 cm³/mol. The normalized spacial score (nSPS) is 20.6. The highest BCUT2D eigenvalue weighted by atomic mass is 16.5. The molecule has 0 aliphatic carbocycles. The molecule has 4 rings (SSSR count). The Morgan fingerprint density at radius 3 is 2.92 bits per heavy atom. The summed E-state index contributed by atoms with van der Waals surface area (Å²) in [5.74, 6) is 1.12. The fourth-order valence-corrected chi connectivity index (χ4v) is 3.74. The van der Waals surface area contributed by atoms with Crippen LogP contribution in [0.1, 0.15) is 30.1 Å². The summed E-state index contributed by atoms with van der Waals surface area (Å²) in [5, 5.41) is 0. The van der Waals surface area contributed by atoms with E-state index in [9.17, 15) is 4.79 Å². The summed E-state index contributed by atoms with van der Waals surface area (Å²) >= 11 is 0. The standard InChI is InChI=1S/C20H23N3O2/c24-20(23-11-5-8-18(23)17-7-3-4-10-21-17)15-22-12-13-25-19-9-2-1-6-16(19)14-22/h1-4,6-7,9-10,18H,5,8,11-15H2/t18-/m1/s1. The number of fused-ring (bicyclic) bond motifs is 1. The molecule has 130 valence electrons. The van der Waals surface area contributed by atoms with Crippen LogP contribution in [-0.4, -0.2) is 46.9 Å². The fraction of sp³-hybridized carbons (Fsp3) is 0.400. The minimum atomic E-state index is 0.115. The van der Waals surface area contributed by atoms with Gasteiger partial charge in [-0.1, -0.05) is 24.3 Å². The number of hydrogen-bond donors (Lipinski definition) is 0. The number of carbonyl (C=O) groups excluding carboxylic acids is 1. The van der Waals surface area contributed by atoms with Gasteiger partial charge in [0.25, 0.3) is 0 Å². The Labute approximate surface area is 148 Å². The van der Waals surface area contributed by atoms with Crippen molar-refractivity contribution in [2.45, 2.75) is 25.4 Å². The molecule has 1 amide bonds. The van der Waals surface area contributed by atoms with E-state index >= 15 is 0 Å². The Morgan fingerprint density at radius 1 is 1.16 bits per heavy atom. The van der Waals surface area contributed by atoms with Gasteiger partial charge in [-0.25, -0.2) is 0 Å². The lowest BCUT2D eigenvalue weighted by molar-refractivity contribution is -0.133. The van der Waals surface area contributed by atoms with E-state index in [-0.39, 0.29) is 11.9 Å². The molecule has 25 heavy (non-hydrogen) atoms. The molecule has 2 aliphatic heterocycles. The van der Waals surface area contributed by atoms with E-state index in [1.165, 1.54) is 0 Å². The molecule has 1 fully saturated rings. The molecule has 0 unspecified atom stereocenters. The van der Waals surface area contributed by atoms with Gasteiger partial charge in [-0.2, -0.15) is 0 Å². The molecular weight excluding hydrogens is 314 g/mol. The maximum atomic E-state index is 12.9. The van der Waals surface area contributed by atoms with Crippen LogP contribution in [0, 0.1) is 0 Å². The first kappa shape index (κ1) is 16.1. The summed E-state index contributed by atoms with van der Waals surface area (Å²) in [6.07, 6.45) is 3.84. The van der Waals surface area contributed by atoms with E-state index in [1.807, 2.05) is 41.3 Å². The number of rotatable bonds is 3. The van der Waals surface area contributed by atoms with Crippen molar-refractivity contribution >= 4 is 5.91 Å². The number of aromatic nitrogens is 1. The molecule has 0 radical (unpaired) electrons. The zero-order valence-electron chi connectivity index (χ0n) is 14.3. The number of nitrogens with zero attached hydrogens (tertiary/aromatic N) is 3. The lowest BCUT2D eigenvalue weighted by Gasteiger charge is -2.27. The average molecular weight is 337 g/mol. The second-order valence-corrected chi connectivity index (χ2v) is 6.67. The summed E-state index contributed by atoms with van der Waals surface area (Å²) in [5.41, 5.74) is 2.15. The zero-order chi connectivity index (χ0) is 17.1. The minimum absolute atomic E-state index is 0.115. The van der Waals surface area contributed by atoms with Crippen LogP contribution in [0.4, 0.5) is 0 Å². The molecule has 2 aromatic rings. The van der Waals surface area contributed by atoms with E-state index in [4.69, 9.17) is 4.74 Å². The molecule has 1 atom stereocenters. The van der Waals surface area contributed by atoms with Crippen LogP contribution < -0.4 is 4.74 Å². The monoisotopic (exact) mass is 337 g/mol. The number of likely N-dealkylation sites (tertiary alicyclic amines) is 1. The Kier molecular flexibility index (Phi) is 4.65. The number of ether oxygens (including phenoxy) is 1. The van der Waals surface area contributed by atoms with Crippen LogP contribution in [0.3, 0.4) is 0 Å². The molecule has 0 saturated carbocycles. The predicted octanol–water partition coefficient (Wildman–Crippen LogP) is 2.64. The van der Waals surface area contributed by atoms with Crippen LogP contribution in [-0.2, 0) is 11.3 Å². The van der Waals surface area contributed by atoms with E-state index in [0.29, 0.717) is 13.2 Å². The maximum Gasteiger partial charge on any atom is 0.237 e. The quantitative estimate of drug-likeness (QED) is 0.864. The first-order valence-electron chi connectivity index (χ1n) is 8.95. The summed E-state index contributed by atoms with van der Waals surface area (Å²) in [6.45, 7) is 3.39. The topological polar surface area (TPSA) is 45.7 Å². The molecule has 0 N–H and O–H groups in total. The number of amides is 1. The lowest BCUT2D eigenvalue weighted by atomic mass is 10.1. The first-order valence-corrected chi connectivity index (χ1v) is 8.95. The van der Waals surface area contributed by atoms with Gasteiger partial charge >= 0.3 is 0 Å². The van der Waals surface area contributed by atoms with Gasteiger partial charge in [0, 0.05) is 31.4 Å². The number of hydrogen-bond acceptors (Lipinski definition) is 4. The summed E-state index contributed by atoms with van der Waals surface area (Å²) in [6, 6.07) is 14.1. The molecule has 5 nitrogen and oxygen atoms in total. The van der Waals surface area contributed by atoms with Crippen LogP contribution >= 0.6 is 0 Å². The van der Waals surface area contributed by atoms with Crippen molar-refractivity contribution in [1.82, 2.24) is 14.8 Å². The number of pyridine rings is 1. The Balaban J connectivity index is 1.45. The summed E-state index contributed by atoms with van der Waals surface area (Å²) in [4.78, 5) is 21.6. The maximum absolute atomic E-state index is 12.9. The Morgan fingerprint density at radius 2 is 2.04 bits per heavy atom. The SMILES string of the molecule is O=C(CN1CCOc2ccccc2C1)N1CCC[C@@H]1c1ccccn1. The van der Waals surface area contributed by atoms with Crippen molar-refractivity contribution in [3.8, 4) is 5.75 Å². The van der Waals surface area contributed by atoms with Gasteiger partial charge in [-0.05, 0) is 31.0 Å². The summed E-state index contributed by atoms with van der Waals surface area (Å²) < 4.78 is 5.80. The molecular formula is C20H23N3O2. The molecule has 1 saturated heterocycles. The Hall–Kier alpha value is -2.40. The van der Waals surface area contributed by atoms with Crippen LogP contribution in [0.15, 0.2) is 48.7 Å². The van der Waals surface area contributed by atoms with Crippen LogP contribution in [0.5, 0.6) is 5.75 Å². The first-order chi connectivity index (χ1) is 12.3. The van der Waals surface area contributed by atoms with Gasteiger partial charge in [0.05, 0.1) is 18.3 Å². The van der Waals surface area contributed by atoms with E-state index in [1.54, 1.807) is 6.20 Å². The highest BCUT2D eigenvalue weighted by molar-refractivity contribution is 5.79. The molecule has 2 aliphatic rings. The third-order valence-electron chi connectivity index (χ3n) is 4.99. The van der Waals surface area contributed by atoms with Gasteiger partial charge in [0.2, 0.25) is 5.91 Å². The highest BCUT2D eigenvalue weighted by Gasteiger charge is 2.31. The molecule has 1 aromatic carbocycles. The lowest BCUT2D eigenvalue weighted by Crippen LogP contribution is -2.40. The smallest absolute Gasteiger partial charge is 0.237 e. The van der Waals surface area contributed by atoms with E-state index in [0.717, 1.165) is 49.5 Å². The van der Waals surface area contributed by atoms with E-state index < -0.39 is 0 Å². The van der Waals surface area contributed by atoms with Crippen molar-refractivity contribution in [3.05, 3.63) is 59.9 Å². The molecule has 5 heteroatoms. The van der Waals surface area contributed by atoms with Crippen molar-refractivity contribution < 1.29 is 9.53 Å². The van der Waals surface area contributed by atoms with Crippen molar-refractivity contribution in [3.63, 3.8) is 0 Å². The molecule has 0 bridgehead atoms. The van der Waals surface area contributed by atoms with Crippen molar-refractivity contribution in [1.29, 1.82) is 0 Å². The fourth-order valence-electron chi connectivity index (χ4n) is 3.74. The van der Waals surface area contributed by atoms with Crippen molar-refractivity contribution in [2.75, 3.05) is 26.2 Å². The number of benzene rings is 1. The van der Waals surface area contributed by atoms with Gasteiger partial charge < -0.3 is 9.64 Å². The molecule has 0 spiro atoms. The summed E-state index contributed by atoms with van der Waals surface area (Å²) in [7, 11) is 0. The van der Waals surface area contributed by atoms with Gasteiger partial charge in [-0.15, -0.1) is 0 Å². The number of carbonyl (C=O) groups is 1. The van der Waals surface area contributed by atoms with Gasteiger partial charge in [0.1, 0.15) is 12.4 Å². The number of para-hydroxylation sites is 1. The third-order valence-corrected chi connectivity index (χ3v) is 4.99. The molecule has 1 aromatic heterocycles. The van der Waals surface area contributed by atoms with Gasteiger partial charge in [0.15, 0.2) is 0 Å². The largest absolute Gasteiger partial charge is 0.492 e. The van der Waals surface area contributed by atoms with Crippen LogP contribution in [0.25, 0.3) is 0 Å². The average Bonchev–Trinajstić information content (AvgIpc) is 3.05. The van der Waals surface area contributed by atoms with Gasteiger partial charge in [-0.3, -0.25) is 14.7 Å². The second kappa shape index (κ2) is 7.23. The van der Waals surface area contributed by atoms with Crippen molar-refractivity contribution in [2.24, 2.45) is 0 Å². The highest BCUT2D eigenvalue weighted by Crippen LogP contribution is 2.31. The molecule has 3 heterocycles. The third kappa shape index (κ3) is 3.51. The Bertz CT molecular complexity index is 735. The second-order valence-electron chi connectivity index (χ2n) is 6.67. The minimum Gasteiger partial charge on any atom is -0.492 e. The van der Waals surface area contributed by atoms with Crippen LogP contribution in [0.2, 0.25) is 0 Å². The zero-order valence-corrected chi connectivity index (χ0v) is 14.3.